The molecule has 184 valence electrons. The summed E-state index contributed by atoms with van der Waals surface area (Å²) in [7, 11) is 4.39. The van der Waals surface area contributed by atoms with Crippen molar-refractivity contribution in [3.63, 3.8) is 0 Å². The van der Waals surface area contributed by atoms with Gasteiger partial charge in [-0.1, -0.05) is 43.2 Å². The summed E-state index contributed by atoms with van der Waals surface area (Å²) < 4.78 is 0. The number of carbonyl (C=O) groups is 3. The molecular formula is C28H34N4O3. The summed E-state index contributed by atoms with van der Waals surface area (Å²) in [6, 6.07) is 16.9. The van der Waals surface area contributed by atoms with Crippen molar-refractivity contribution in [3.05, 3.63) is 65.2 Å². The molecule has 1 saturated heterocycles. The van der Waals surface area contributed by atoms with E-state index in [-0.39, 0.29) is 24.1 Å². The third-order valence-corrected chi connectivity index (χ3v) is 7.95. The quantitative estimate of drug-likeness (QED) is 0.651. The predicted octanol–water partition coefficient (Wildman–Crippen LogP) is 3.33. The molecule has 2 aromatic rings. The molecule has 0 aromatic heterocycles. The Hall–Kier alpha value is -3.19. The molecule has 2 aromatic carbocycles. The normalized spacial score (nSPS) is 24.5. The predicted molar refractivity (Wildman–Crippen MR) is 135 cm³/mol. The molecule has 3 atom stereocenters. The van der Waals surface area contributed by atoms with Crippen LogP contribution in [0.4, 0.5) is 5.69 Å². The maximum absolute atomic E-state index is 13.1. The van der Waals surface area contributed by atoms with Crippen LogP contribution in [-0.2, 0) is 22.7 Å². The summed E-state index contributed by atoms with van der Waals surface area (Å²) in [6.07, 6.45) is 5.42. The molecule has 0 spiro atoms. The number of hydrogen-bond acceptors (Lipinski definition) is 5. The van der Waals surface area contributed by atoms with Crippen molar-refractivity contribution in [1.82, 2.24) is 15.1 Å². The Bertz CT molecular complexity index is 1120. The number of anilines is 1. The Kier molecular flexibility index (Phi) is 6.60. The fraction of sp³-hybridized carbons (Fsp3) is 0.464. The summed E-state index contributed by atoms with van der Waals surface area (Å²) in [5, 5.41) is 2.37. The van der Waals surface area contributed by atoms with Crippen LogP contribution >= 0.6 is 0 Å². The molecular weight excluding hydrogens is 440 g/mol. The Morgan fingerprint density at radius 3 is 2.43 bits per heavy atom. The van der Waals surface area contributed by atoms with Gasteiger partial charge in [0.1, 0.15) is 6.04 Å². The number of amides is 3. The molecule has 7 nitrogen and oxygen atoms in total. The van der Waals surface area contributed by atoms with Gasteiger partial charge in [-0.2, -0.15) is 0 Å². The van der Waals surface area contributed by atoms with Crippen molar-refractivity contribution in [1.29, 1.82) is 0 Å². The first-order valence-electron chi connectivity index (χ1n) is 12.7. The standard InChI is InChI=1S/C28H34N4O3/c1-30(17-19-8-4-3-5-9-19)23-10-6-7-11-24(23)31(2)21-12-13-22-20(16-21)18-32(28(22)35)25-14-15-26(33)29-27(25)34/h3-5,8-9,12-13,16,23-25H,6-7,10-11,14-15,17-18H2,1-2H3,(H,29,33,34). The van der Waals surface area contributed by atoms with E-state index in [1.807, 2.05) is 12.1 Å². The lowest BCUT2D eigenvalue weighted by Crippen LogP contribution is -2.52. The van der Waals surface area contributed by atoms with Gasteiger partial charge in [0.05, 0.1) is 0 Å². The van der Waals surface area contributed by atoms with E-state index < -0.39 is 6.04 Å². The minimum absolute atomic E-state index is 0.123. The number of likely N-dealkylation sites (N-methyl/N-ethyl adjacent to an activating group) is 2. The first kappa shape index (κ1) is 23.5. The SMILES string of the molecule is CN(Cc1ccccc1)C1CCCCC1N(C)c1ccc2c(c1)CN(C1CCC(=O)NC1=O)C2=O. The van der Waals surface area contributed by atoms with E-state index in [9.17, 15) is 14.4 Å². The summed E-state index contributed by atoms with van der Waals surface area (Å²) in [5.41, 5.74) is 4.04. The highest BCUT2D eigenvalue weighted by Crippen LogP contribution is 2.34. The average Bonchev–Trinajstić information content (AvgIpc) is 3.19. The number of nitrogens with zero attached hydrogens (tertiary/aromatic N) is 3. The van der Waals surface area contributed by atoms with Crippen molar-refractivity contribution in [2.75, 3.05) is 19.0 Å². The number of imide groups is 1. The summed E-state index contributed by atoms with van der Waals surface area (Å²) in [5.74, 6) is -0.758. The van der Waals surface area contributed by atoms with E-state index in [0.29, 0.717) is 30.6 Å². The molecule has 1 saturated carbocycles. The van der Waals surface area contributed by atoms with Crippen LogP contribution in [-0.4, -0.2) is 59.7 Å². The largest absolute Gasteiger partial charge is 0.370 e. The Morgan fingerprint density at radius 2 is 1.69 bits per heavy atom. The Morgan fingerprint density at radius 1 is 0.943 bits per heavy atom. The molecule has 3 unspecified atom stereocenters. The number of rotatable bonds is 6. The van der Waals surface area contributed by atoms with E-state index in [1.165, 1.54) is 24.8 Å². The van der Waals surface area contributed by atoms with Gasteiger partial charge in [-0.25, -0.2) is 0 Å². The minimum Gasteiger partial charge on any atom is -0.370 e. The van der Waals surface area contributed by atoms with Crippen LogP contribution in [0.1, 0.15) is 60.0 Å². The zero-order valence-corrected chi connectivity index (χ0v) is 20.6. The molecule has 5 rings (SSSR count). The highest BCUT2D eigenvalue weighted by molar-refractivity contribution is 6.05. The lowest BCUT2D eigenvalue weighted by molar-refractivity contribution is -0.136. The molecule has 35 heavy (non-hydrogen) atoms. The van der Waals surface area contributed by atoms with E-state index in [2.05, 4.69) is 65.6 Å². The smallest absolute Gasteiger partial charge is 0.255 e. The van der Waals surface area contributed by atoms with Crippen LogP contribution in [0.2, 0.25) is 0 Å². The molecule has 0 bridgehead atoms. The second-order valence-corrected chi connectivity index (χ2v) is 10.2. The maximum atomic E-state index is 13.1. The van der Waals surface area contributed by atoms with E-state index in [0.717, 1.165) is 24.2 Å². The monoisotopic (exact) mass is 474 g/mol. The number of benzene rings is 2. The first-order chi connectivity index (χ1) is 16.9. The van der Waals surface area contributed by atoms with E-state index in [4.69, 9.17) is 0 Å². The third kappa shape index (κ3) is 4.69. The number of carbonyl (C=O) groups excluding carboxylic acids is 3. The van der Waals surface area contributed by atoms with Crippen LogP contribution in [0.15, 0.2) is 48.5 Å². The fourth-order valence-electron chi connectivity index (χ4n) is 6.02. The van der Waals surface area contributed by atoms with Gasteiger partial charge in [-0.3, -0.25) is 24.6 Å². The molecule has 2 aliphatic heterocycles. The van der Waals surface area contributed by atoms with Gasteiger partial charge in [0.2, 0.25) is 11.8 Å². The van der Waals surface area contributed by atoms with Crippen molar-refractivity contribution < 1.29 is 14.4 Å². The van der Waals surface area contributed by atoms with Gasteiger partial charge in [-0.15, -0.1) is 0 Å². The molecule has 2 fully saturated rings. The van der Waals surface area contributed by atoms with Crippen molar-refractivity contribution in [2.24, 2.45) is 0 Å². The maximum Gasteiger partial charge on any atom is 0.255 e. The molecule has 0 radical (unpaired) electrons. The summed E-state index contributed by atoms with van der Waals surface area (Å²) in [4.78, 5) is 43.4. The number of piperidine rings is 1. The zero-order valence-electron chi connectivity index (χ0n) is 20.6. The highest BCUT2D eigenvalue weighted by Gasteiger charge is 2.39. The fourth-order valence-corrected chi connectivity index (χ4v) is 6.02. The average molecular weight is 475 g/mol. The van der Waals surface area contributed by atoms with Crippen LogP contribution in [0, 0.1) is 0 Å². The van der Waals surface area contributed by atoms with Gasteiger partial charge < -0.3 is 9.80 Å². The number of hydrogen-bond donors (Lipinski definition) is 1. The molecule has 2 heterocycles. The van der Waals surface area contributed by atoms with Crippen LogP contribution < -0.4 is 10.2 Å². The molecule has 7 heteroatoms. The van der Waals surface area contributed by atoms with Crippen molar-refractivity contribution >= 4 is 23.4 Å². The van der Waals surface area contributed by atoms with Crippen LogP contribution in [0.5, 0.6) is 0 Å². The zero-order chi connectivity index (χ0) is 24.5. The van der Waals surface area contributed by atoms with Gasteiger partial charge in [-0.05, 0) is 55.6 Å². The Labute approximate surface area is 207 Å². The molecule has 1 aliphatic carbocycles. The van der Waals surface area contributed by atoms with Crippen LogP contribution in [0.25, 0.3) is 0 Å². The van der Waals surface area contributed by atoms with Gasteiger partial charge in [0, 0.05) is 49.9 Å². The summed E-state index contributed by atoms with van der Waals surface area (Å²) >= 11 is 0. The second kappa shape index (κ2) is 9.82. The lowest BCUT2D eigenvalue weighted by atomic mass is 9.87. The Balaban J connectivity index is 1.32. The third-order valence-electron chi connectivity index (χ3n) is 7.95. The van der Waals surface area contributed by atoms with E-state index in [1.54, 1.807) is 4.90 Å². The van der Waals surface area contributed by atoms with Crippen molar-refractivity contribution in [3.8, 4) is 0 Å². The topological polar surface area (TPSA) is 73.0 Å². The minimum atomic E-state index is -0.580. The molecule has 3 amide bonds. The van der Waals surface area contributed by atoms with Crippen LogP contribution in [0.3, 0.4) is 0 Å². The number of fused-ring (bicyclic) bond motifs is 1. The summed E-state index contributed by atoms with van der Waals surface area (Å²) in [6.45, 7) is 1.33. The van der Waals surface area contributed by atoms with E-state index >= 15 is 0 Å². The second-order valence-electron chi connectivity index (χ2n) is 10.2. The molecule has 1 N–H and O–H groups in total. The number of nitrogens with one attached hydrogen (secondary N) is 1. The molecule has 3 aliphatic rings. The van der Waals surface area contributed by atoms with Gasteiger partial charge in [0.25, 0.3) is 5.91 Å². The lowest BCUT2D eigenvalue weighted by Gasteiger charge is -2.43. The van der Waals surface area contributed by atoms with Gasteiger partial charge in [0.15, 0.2) is 0 Å². The van der Waals surface area contributed by atoms with Crippen molar-refractivity contribution in [2.45, 2.75) is 69.7 Å². The highest BCUT2D eigenvalue weighted by atomic mass is 16.2. The van der Waals surface area contributed by atoms with Gasteiger partial charge >= 0.3 is 0 Å². The first-order valence-corrected chi connectivity index (χ1v) is 12.7.